The summed E-state index contributed by atoms with van der Waals surface area (Å²) in [5.74, 6) is -0.653. The molecular weight excluding hydrogens is 426 g/mol. The highest BCUT2D eigenvalue weighted by Gasteiger charge is 2.38. The van der Waals surface area contributed by atoms with Crippen LogP contribution in [0.15, 0.2) is 47.4 Å². The Morgan fingerprint density at radius 1 is 1.10 bits per heavy atom. The number of nitrogens with zero attached hydrogens (tertiary/aromatic N) is 1. The second-order valence-corrected chi connectivity index (χ2v) is 7.82. The number of benzene rings is 2. The number of ether oxygens (including phenoxy) is 3. The number of amides is 1. The summed E-state index contributed by atoms with van der Waals surface area (Å²) in [5.41, 5.74) is 1.01. The smallest absolute Gasteiger partial charge is 0.267 e. The van der Waals surface area contributed by atoms with Crippen molar-refractivity contribution in [2.75, 3.05) is 21.3 Å². The van der Waals surface area contributed by atoms with Crippen molar-refractivity contribution >= 4 is 46.3 Å². The van der Waals surface area contributed by atoms with Gasteiger partial charge in [-0.15, -0.1) is 0 Å². The largest absolute Gasteiger partial charge is 0.547 e. The summed E-state index contributed by atoms with van der Waals surface area (Å²) in [6, 6.07) is 10.4. The molecule has 156 valence electrons. The molecular formula is C21H18NO6S2-. The van der Waals surface area contributed by atoms with E-state index < -0.39 is 17.9 Å². The number of thioether (sulfide) groups is 1. The summed E-state index contributed by atoms with van der Waals surface area (Å²) in [5, 5.41) is 11.8. The Bertz CT molecular complexity index is 996. The Morgan fingerprint density at radius 3 is 2.20 bits per heavy atom. The second-order valence-electron chi connectivity index (χ2n) is 6.14. The van der Waals surface area contributed by atoms with Crippen LogP contribution >= 0.6 is 24.0 Å². The lowest BCUT2D eigenvalue weighted by molar-refractivity contribution is -0.310. The van der Waals surface area contributed by atoms with E-state index in [4.69, 9.17) is 26.4 Å². The van der Waals surface area contributed by atoms with Gasteiger partial charge in [-0.25, -0.2) is 0 Å². The number of aliphatic carboxylic acids is 1. The number of hydrogen-bond acceptors (Lipinski definition) is 8. The molecule has 2 aromatic rings. The number of carboxylic acids is 1. The summed E-state index contributed by atoms with van der Waals surface area (Å²) in [4.78, 5) is 26.2. The van der Waals surface area contributed by atoms with Gasteiger partial charge in [-0.1, -0.05) is 54.3 Å². The summed E-state index contributed by atoms with van der Waals surface area (Å²) in [7, 11) is 4.48. The van der Waals surface area contributed by atoms with Crippen LogP contribution in [0.2, 0.25) is 0 Å². The van der Waals surface area contributed by atoms with Crippen LogP contribution in [0.25, 0.3) is 6.08 Å². The first-order chi connectivity index (χ1) is 14.4. The van der Waals surface area contributed by atoms with Gasteiger partial charge < -0.3 is 24.1 Å². The Hall–Kier alpha value is -3.04. The van der Waals surface area contributed by atoms with E-state index in [2.05, 4.69) is 0 Å². The van der Waals surface area contributed by atoms with Crippen molar-refractivity contribution in [3.63, 3.8) is 0 Å². The molecule has 1 heterocycles. The van der Waals surface area contributed by atoms with Crippen molar-refractivity contribution in [2.45, 2.75) is 6.04 Å². The Morgan fingerprint density at radius 2 is 1.70 bits per heavy atom. The van der Waals surface area contributed by atoms with Crippen LogP contribution in [0.5, 0.6) is 17.2 Å². The maximum absolute atomic E-state index is 13.0. The van der Waals surface area contributed by atoms with Gasteiger partial charge in [-0.3, -0.25) is 9.69 Å². The maximum atomic E-state index is 13.0. The summed E-state index contributed by atoms with van der Waals surface area (Å²) in [6.45, 7) is 0. The molecule has 3 rings (SSSR count). The average Bonchev–Trinajstić information content (AvgIpc) is 3.01. The van der Waals surface area contributed by atoms with Crippen LogP contribution in [0, 0.1) is 0 Å². The number of carboxylic acid groups (broad SMARTS) is 1. The van der Waals surface area contributed by atoms with Gasteiger partial charge in [-0.2, -0.15) is 0 Å². The average molecular weight is 445 g/mol. The van der Waals surface area contributed by atoms with Gasteiger partial charge in [0.1, 0.15) is 10.4 Å². The first kappa shape index (κ1) is 21.7. The van der Waals surface area contributed by atoms with Crippen molar-refractivity contribution in [2.24, 2.45) is 0 Å². The van der Waals surface area contributed by atoms with Crippen LogP contribution < -0.4 is 19.3 Å². The maximum Gasteiger partial charge on any atom is 0.267 e. The lowest BCUT2D eigenvalue weighted by Crippen LogP contribution is -2.43. The van der Waals surface area contributed by atoms with Gasteiger partial charge in [0.2, 0.25) is 5.75 Å². The van der Waals surface area contributed by atoms with Gasteiger partial charge in [-0.05, 0) is 29.3 Å². The predicted octanol–water partition coefficient (Wildman–Crippen LogP) is 2.40. The van der Waals surface area contributed by atoms with E-state index in [0.29, 0.717) is 28.4 Å². The number of thiocarbonyl (C=S) groups is 1. The minimum absolute atomic E-state index is 0.136. The third-order valence-electron chi connectivity index (χ3n) is 4.41. The molecule has 0 saturated carbocycles. The van der Waals surface area contributed by atoms with Gasteiger partial charge in [0, 0.05) is 0 Å². The molecule has 0 N–H and O–H groups in total. The third-order valence-corrected chi connectivity index (χ3v) is 5.74. The van der Waals surface area contributed by atoms with E-state index in [1.807, 2.05) is 0 Å². The van der Waals surface area contributed by atoms with Crippen molar-refractivity contribution < 1.29 is 28.9 Å². The Balaban J connectivity index is 2.00. The van der Waals surface area contributed by atoms with Crippen LogP contribution in [0.3, 0.4) is 0 Å². The zero-order valence-electron chi connectivity index (χ0n) is 16.4. The SMILES string of the molecule is COc1cc(/C=C2\SC(=S)N([C@@H](C(=O)[O-])c3ccccc3)C2=O)cc(OC)c1OC. The number of carbonyl (C=O) groups excluding carboxylic acids is 2. The quantitative estimate of drug-likeness (QED) is 0.475. The summed E-state index contributed by atoms with van der Waals surface area (Å²) in [6.07, 6.45) is 1.60. The van der Waals surface area contributed by atoms with E-state index >= 15 is 0 Å². The van der Waals surface area contributed by atoms with Gasteiger partial charge in [0.15, 0.2) is 11.5 Å². The minimum Gasteiger partial charge on any atom is -0.547 e. The highest BCUT2D eigenvalue weighted by Crippen LogP contribution is 2.41. The van der Waals surface area contributed by atoms with E-state index in [1.165, 1.54) is 21.3 Å². The molecule has 30 heavy (non-hydrogen) atoms. The van der Waals surface area contributed by atoms with Gasteiger partial charge in [0.05, 0.1) is 32.2 Å². The van der Waals surface area contributed by atoms with E-state index in [-0.39, 0.29) is 9.23 Å². The number of methoxy groups -OCH3 is 3. The number of rotatable bonds is 7. The normalized spacial score (nSPS) is 16.0. The highest BCUT2D eigenvalue weighted by molar-refractivity contribution is 8.26. The molecule has 1 amide bonds. The van der Waals surface area contributed by atoms with E-state index in [9.17, 15) is 14.7 Å². The molecule has 7 nitrogen and oxygen atoms in total. The zero-order chi connectivity index (χ0) is 21.8. The first-order valence-electron chi connectivity index (χ1n) is 8.74. The monoisotopic (exact) mass is 444 g/mol. The fraction of sp³-hybridized carbons (Fsp3) is 0.190. The molecule has 1 fully saturated rings. The van der Waals surface area contributed by atoms with Crippen molar-refractivity contribution in [1.29, 1.82) is 0 Å². The molecule has 1 saturated heterocycles. The fourth-order valence-electron chi connectivity index (χ4n) is 3.06. The predicted molar refractivity (Wildman–Crippen MR) is 115 cm³/mol. The molecule has 9 heteroatoms. The fourth-order valence-corrected chi connectivity index (χ4v) is 4.38. The topological polar surface area (TPSA) is 88.1 Å². The molecule has 0 bridgehead atoms. The molecule has 0 aliphatic carbocycles. The van der Waals surface area contributed by atoms with Gasteiger partial charge in [0.25, 0.3) is 5.91 Å². The second kappa shape index (κ2) is 9.19. The molecule has 1 aliphatic rings. The van der Waals surface area contributed by atoms with Gasteiger partial charge >= 0.3 is 0 Å². The molecule has 1 aliphatic heterocycles. The van der Waals surface area contributed by atoms with Crippen LogP contribution in [0.4, 0.5) is 0 Å². The molecule has 0 spiro atoms. The Labute approximate surface area is 183 Å². The lowest BCUT2D eigenvalue weighted by atomic mass is 10.1. The lowest BCUT2D eigenvalue weighted by Gasteiger charge is -2.27. The van der Waals surface area contributed by atoms with Crippen molar-refractivity contribution in [3.8, 4) is 17.2 Å². The molecule has 1 atom stereocenters. The molecule has 0 aromatic heterocycles. The molecule has 2 aromatic carbocycles. The van der Waals surface area contributed by atoms with Crippen LogP contribution in [0.1, 0.15) is 17.2 Å². The minimum atomic E-state index is -1.41. The summed E-state index contributed by atoms with van der Waals surface area (Å²) >= 11 is 6.33. The van der Waals surface area contributed by atoms with E-state index in [1.54, 1.807) is 48.5 Å². The first-order valence-corrected chi connectivity index (χ1v) is 9.96. The standard InChI is InChI=1S/C21H19NO6S2/c1-26-14-9-12(10-15(27-2)18(14)28-3)11-16-19(23)22(21(29)30-16)17(20(24)25)13-7-5-4-6-8-13/h4-11,17H,1-3H3,(H,24,25)/p-1/b16-11-/t17-/m1/s1. The van der Waals surface area contributed by atoms with Crippen LogP contribution in [-0.4, -0.2) is 42.4 Å². The summed E-state index contributed by atoms with van der Waals surface area (Å²) < 4.78 is 16.1. The number of hydrogen-bond donors (Lipinski definition) is 0. The molecule has 0 unspecified atom stereocenters. The van der Waals surface area contributed by atoms with Crippen LogP contribution in [-0.2, 0) is 9.59 Å². The molecule has 0 radical (unpaired) electrons. The van der Waals surface area contributed by atoms with E-state index in [0.717, 1.165) is 16.7 Å². The van der Waals surface area contributed by atoms with Crippen molar-refractivity contribution in [3.05, 3.63) is 58.5 Å². The third kappa shape index (κ3) is 4.12. The highest BCUT2D eigenvalue weighted by atomic mass is 32.2. The number of carbonyl (C=O) groups is 2. The Kier molecular flexibility index (Phi) is 6.63. The zero-order valence-corrected chi connectivity index (χ0v) is 18.0. The van der Waals surface area contributed by atoms with Crippen molar-refractivity contribution in [1.82, 2.24) is 4.90 Å².